The van der Waals surface area contributed by atoms with Gasteiger partial charge in [-0.15, -0.1) is 0 Å². The van der Waals surface area contributed by atoms with E-state index in [2.05, 4.69) is 5.32 Å². The molecule has 0 saturated heterocycles. The number of carbonyl (C=O) groups excluding carboxylic acids is 1. The number of amides is 1. The van der Waals surface area contributed by atoms with Gasteiger partial charge in [-0.05, 0) is 32.1 Å². The van der Waals surface area contributed by atoms with Crippen LogP contribution >= 0.6 is 0 Å². The van der Waals surface area contributed by atoms with E-state index in [1.54, 1.807) is 6.92 Å². The molecule has 4 nitrogen and oxygen atoms in total. The molecule has 3 unspecified atom stereocenters. The monoisotopic (exact) mass is 309 g/mol. The second kappa shape index (κ2) is 7.66. The molecular formula is C14H22F3NO3. The van der Waals surface area contributed by atoms with Gasteiger partial charge >= 0.3 is 12.1 Å². The third kappa shape index (κ3) is 5.93. The normalized spacial score (nSPS) is 24.4. The van der Waals surface area contributed by atoms with Gasteiger partial charge in [0, 0.05) is 12.5 Å². The van der Waals surface area contributed by atoms with Crippen molar-refractivity contribution < 1.29 is 27.9 Å². The predicted octanol–water partition coefficient (Wildman–Crippen LogP) is 2.97. The van der Waals surface area contributed by atoms with Crippen molar-refractivity contribution in [3.05, 3.63) is 0 Å². The topological polar surface area (TPSA) is 66.4 Å². The number of carboxylic acids is 1. The Hall–Kier alpha value is -1.27. The molecule has 1 rings (SSSR count). The van der Waals surface area contributed by atoms with Crippen LogP contribution < -0.4 is 5.32 Å². The molecule has 0 bridgehead atoms. The van der Waals surface area contributed by atoms with Gasteiger partial charge in [-0.3, -0.25) is 9.59 Å². The zero-order chi connectivity index (χ0) is 16.0. The van der Waals surface area contributed by atoms with Gasteiger partial charge in [-0.25, -0.2) is 0 Å². The number of hydrogen-bond acceptors (Lipinski definition) is 2. The number of nitrogens with one attached hydrogen (secondary N) is 1. The van der Waals surface area contributed by atoms with Gasteiger partial charge in [0.1, 0.15) is 0 Å². The average molecular weight is 309 g/mol. The second-order valence-corrected chi connectivity index (χ2v) is 5.77. The molecule has 21 heavy (non-hydrogen) atoms. The number of carbonyl (C=O) groups is 2. The first-order valence-electron chi connectivity index (χ1n) is 7.29. The zero-order valence-corrected chi connectivity index (χ0v) is 12.1. The van der Waals surface area contributed by atoms with E-state index in [0.717, 1.165) is 0 Å². The fraction of sp³-hybridized carbons (Fsp3) is 0.857. The van der Waals surface area contributed by atoms with E-state index in [0.29, 0.717) is 32.2 Å². The smallest absolute Gasteiger partial charge is 0.391 e. The van der Waals surface area contributed by atoms with E-state index in [1.165, 1.54) is 0 Å². The van der Waals surface area contributed by atoms with Crippen molar-refractivity contribution >= 4 is 11.9 Å². The van der Waals surface area contributed by atoms with Crippen LogP contribution in [0.1, 0.15) is 45.4 Å². The summed E-state index contributed by atoms with van der Waals surface area (Å²) in [5, 5.41) is 11.3. The third-order valence-electron chi connectivity index (χ3n) is 4.04. The summed E-state index contributed by atoms with van der Waals surface area (Å²) in [5.41, 5.74) is 0. The highest BCUT2D eigenvalue weighted by atomic mass is 19.4. The maximum absolute atomic E-state index is 12.7. The van der Waals surface area contributed by atoms with Crippen molar-refractivity contribution in [2.45, 2.75) is 51.6 Å². The minimum absolute atomic E-state index is 0.101. The Morgan fingerprint density at radius 2 is 2.00 bits per heavy atom. The first-order chi connectivity index (χ1) is 9.71. The minimum atomic E-state index is -4.23. The highest BCUT2D eigenvalue weighted by Gasteiger charge is 2.43. The number of alkyl halides is 3. The molecule has 0 aliphatic heterocycles. The van der Waals surface area contributed by atoms with Crippen LogP contribution in [0.15, 0.2) is 0 Å². The van der Waals surface area contributed by atoms with Crippen molar-refractivity contribution in [1.82, 2.24) is 5.32 Å². The molecule has 3 atom stereocenters. The van der Waals surface area contributed by atoms with Crippen LogP contribution in [0.4, 0.5) is 13.2 Å². The largest absolute Gasteiger partial charge is 0.481 e. The fourth-order valence-corrected chi connectivity index (χ4v) is 2.61. The predicted molar refractivity (Wildman–Crippen MR) is 70.5 cm³/mol. The summed E-state index contributed by atoms with van der Waals surface area (Å²) in [4.78, 5) is 22.5. The molecule has 1 amide bonds. The molecule has 7 heteroatoms. The summed E-state index contributed by atoms with van der Waals surface area (Å²) in [6.45, 7) is 1.89. The van der Waals surface area contributed by atoms with E-state index in [9.17, 15) is 22.8 Å². The molecule has 1 aliphatic carbocycles. The summed E-state index contributed by atoms with van der Waals surface area (Å²) in [6.07, 6.45) is -2.41. The van der Waals surface area contributed by atoms with Gasteiger partial charge < -0.3 is 10.4 Å². The quantitative estimate of drug-likeness (QED) is 0.741. The summed E-state index contributed by atoms with van der Waals surface area (Å²) in [7, 11) is 0. The Bertz CT molecular complexity index is 371. The Labute approximate surface area is 122 Å². The Balaban J connectivity index is 2.30. The van der Waals surface area contributed by atoms with Gasteiger partial charge in [0.2, 0.25) is 5.91 Å². The van der Waals surface area contributed by atoms with E-state index < -0.39 is 29.9 Å². The number of halogens is 3. The van der Waals surface area contributed by atoms with Crippen molar-refractivity contribution in [2.75, 3.05) is 6.54 Å². The number of aliphatic carboxylic acids is 1. The summed E-state index contributed by atoms with van der Waals surface area (Å²) in [5.74, 6) is -3.67. The van der Waals surface area contributed by atoms with E-state index in [1.807, 2.05) is 0 Å². The molecule has 2 N–H and O–H groups in total. The molecule has 0 radical (unpaired) electrons. The molecule has 1 saturated carbocycles. The Kier molecular flexibility index (Phi) is 6.48. The minimum Gasteiger partial charge on any atom is -0.481 e. The highest BCUT2D eigenvalue weighted by molar-refractivity contribution is 5.78. The van der Waals surface area contributed by atoms with Crippen LogP contribution in [0.2, 0.25) is 0 Å². The summed E-state index contributed by atoms with van der Waals surface area (Å²) in [6, 6.07) is 0. The lowest BCUT2D eigenvalue weighted by atomic mass is 9.80. The maximum Gasteiger partial charge on any atom is 0.391 e. The molecular weight excluding hydrogens is 287 g/mol. The molecule has 0 aromatic rings. The lowest BCUT2D eigenvalue weighted by Gasteiger charge is -2.29. The molecule has 0 spiro atoms. The van der Waals surface area contributed by atoms with Crippen LogP contribution in [0.25, 0.3) is 0 Å². The number of carboxylic acid groups (broad SMARTS) is 1. The third-order valence-corrected chi connectivity index (χ3v) is 4.04. The molecule has 0 aromatic carbocycles. The second-order valence-electron chi connectivity index (χ2n) is 5.77. The van der Waals surface area contributed by atoms with Gasteiger partial charge in [-0.1, -0.05) is 13.3 Å². The van der Waals surface area contributed by atoms with Crippen molar-refractivity contribution in [2.24, 2.45) is 17.8 Å². The van der Waals surface area contributed by atoms with E-state index >= 15 is 0 Å². The van der Waals surface area contributed by atoms with E-state index in [-0.39, 0.29) is 18.7 Å². The average Bonchev–Trinajstić information content (AvgIpc) is 2.42. The SMILES string of the molecule is CC(CCCNC(=O)C1CCCC(C(F)(F)F)C1)C(=O)O. The van der Waals surface area contributed by atoms with Crippen LogP contribution in [0, 0.1) is 17.8 Å². The van der Waals surface area contributed by atoms with Crippen molar-refractivity contribution in [3.8, 4) is 0 Å². The molecule has 0 aromatic heterocycles. The lowest BCUT2D eigenvalue weighted by Crippen LogP contribution is -2.37. The number of rotatable bonds is 6. The number of hydrogen-bond donors (Lipinski definition) is 2. The standard InChI is InChI=1S/C14H22F3NO3/c1-9(13(20)21)4-3-7-18-12(19)10-5-2-6-11(8-10)14(15,16)17/h9-11H,2-8H2,1H3,(H,18,19)(H,20,21). The van der Waals surface area contributed by atoms with E-state index in [4.69, 9.17) is 5.11 Å². The molecule has 0 heterocycles. The maximum atomic E-state index is 12.7. The Morgan fingerprint density at radius 1 is 1.33 bits per heavy atom. The van der Waals surface area contributed by atoms with Gasteiger partial charge in [0.05, 0.1) is 11.8 Å². The van der Waals surface area contributed by atoms with Crippen molar-refractivity contribution in [1.29, 1.82) is 0 Å². The Morgan fingerprint density at radius 3 is 2.57 bits per heavy atom. The van der Waals surface area contributed by atoms with Crippen LogP contribution in [-0.2, 0) is 9.59 Å². The fourth-order valence-electron chi connectivity index (χ4n) is 2.61. The first kappa shape index (κ1) is 17.8. The molecule has 1 aliphatic rings. The highest BCUT2D eigenvalue weighted by Crippen LogP contribution is 2.39. The van der Waals surface area contributed by atoms with Crippen LogP contribution in [-0.4, -0.2) is 29.7 Å². The van der Waals surface area contributed by atoms with Crippen LogP contribution in [0.3, 0.4) is 0 Å². The zero-order valence-electron chi connectivity index (χ0n) is 12.1. The van der Waals surface area contributed by atoms with Gasteiger partial charge in [-0.2, -0.15) is 13.2 Å². The summed E-state index contributed by atoms with van der Waals surface area (Å²) < 4.78 is 38.0. The molecule has 1 fully saturated rings. The van der Waals surface area contributed by atoms with Gasteiger partial charge in [0.15, 0.2) is 0 Å². The van der Waals surface area contributed by atoms with Gasteiger partial charge in [0.25, 0.3) is 0 Å². The lowest BCUT2D eigenvalue weighted by molar-refractivity contribution is -0.186. The first-order valence-corrected chi connectivity index (χ1v) is 7.29. The molecule has 122 valence electrons. The summed E-state index contributed by atoms with van der Waals surface area (Å²) >= 11 is 0. The van der Waals surface area contributed by atoms with Crippen molar-refractivity contribution in [3.63, 3.8) is 0 Å². The van der Waals surface area contributed by atoms with Crippen LogP contribution in [0.5, 0.6) is 0 Å².